The van der Waals surface area contributed by atoms with Crippen molar-refractivity contribution in [1.29, 1.82) is 5.26 Å². The van der Waals surface area contributed by atoms with Crippen LogP contribution in [0.4, 0.5) is 15.8 Å². The Labute approximate surface area is 232 Å². The summed E-state index contributed by atoms with van der Waals surface area (Å²) in [5.41, 5.74) is 3.53. The van der Waals surface area contributed by atoms with E-state index in [-0.39, 0.29) is 30.3 Å². The molecule has 0 amide bonds. The molecule has 0 radical (unpaired) electrons. The number of halogens is 1. The maximum atomic E-state index is 14.4. The molecule has 0 saturated carbocycles. The number of aliphatic carboxylic acids is 1. The van der Waals surface area contributed by atoms with Crippen molar-refractivity contribution in [3.05, 3.63) is 83.7 Å². The highest BCUT2D eigenvalue weighted by Crippen LogP contribution is 2.34. The minimum absolute atomic E-state index is 0.00309. The van der Waals surface area contributed by atoms with Gasteiger partial charge in [-0.15, -0.1) is 0 Å². The molecule has 0 aliphatic carbocycles. The Balaban J connectivity index is 1.26. The van der Waals surface area contributed by atoms with Crippen LogP contribution in [0.1, 0.15) is 37.3 Å². The zero-order valence-corrected chi connectivity index (χ0v) is 22.5. The zero-order chi connectivity index (χ0) is 28.2. The van der Waals surface area contributed by atoms with Gasteiger partial charge in [0.2, 0.25) is 0 Å². The Morgan fingerprint density at radius 2 is 1.75 bits per heavy atom. The number of hydrazone groups is 1. The molecule has 1 fully saturated rings. The monoisotopic (exact) mass is 542 g/mol. The van der Waals surface area contributed by atoms with Crippen LogP contribution in [0, 0.1) is 23.1 Å². The number of carboxylic acid groups (broad SMARTS) is 1. The second-order valence-corrected chi connectivity index (χ2v) is 10.1. The molecule has 5 rings (SSSR count). The van der Waals surface area contributed by atoms with Crippen molar-refractivity contribution in [2.24, 2.45) is 11.0 Å². The smallest absolute Gasteiger partial charge is 0.305 e. The number of ether oxygens (including phenoxy) is 2. The molecule has 8 nitrogen and oxygen atoms in total. The van der Waals surface area contributed by atoms with Crippen LogP contribution in [0.25, 0.3) is 0 Å². The Morgan fingerprint density at radius 3 is 2.38 bits per heavy atom. The van der Waals surface area contributed by atoms with Gasteiger partial charge in [-0.2, -0.15) is 10.4 Å². The van der Waals surface area contributed by atoms with Gasteiger partial charge in [0, 0.05) is 37.9 Å². The molecule has 1 saturated heterocycles. The number of nitrogens with zero attached hydrogens (tertiary/aromatic N) is 4. The number of methoxy groups -OCH3 is 1. The van der Waals surface area contributed by atoms with Crippen molar-refractivity contribution in [3.8, 4) is 17.6 Å². The molecule has 3 aromatic rings. The summed E-state index contributed by atoms with van der Waals surface area (Å²) in [6, 6.07) is 21.2. The van der Waals surface area contributed by atoms with Gasteiger partial charge in [0.05, 0.1) is 48.3 Å². The van der Waals surface area contributed by atoms with E-state index in [0.717, 1.165) is 29.8 Å². The average Bonchev–Trinajstić information content (AvgIpc) is 3.29. The second kappa shape index (κ2) is 11.7. The summed E-state index contributed by atoms with van der Waals surface area (Å²) in [4.78, 5) is 13.7. The van der Waals surface area contributed by atoms with Gasteiger partial charge in [-0.3, -0.25) is 9.80 Å². The van der Waals surface area contributed by atoms with E-state index in [2.05, 4.69) is 6.07 Å². The van der Waals surface area contributed by atoms with E-state index >= 15 is 0 Å². The average molecular weight is 543 g/mol. The number of anilines is 2. The molecule has 2 atom stereocenters. The Morgan fingerprint density at radius 1 is 1.07 bits per heavy atom. The van der Waals surface area contributed by atoms with Crippen LogP contribution in [0.3, 0.4) is 0 Å². The van der Waals surface area contributed by atoms with E-state index < -0.39 is 5.97 Å². The highest BCUT2D eigenvalue weighted by molar-refractivity contribution is 6.05. The molecular weight excluding hydrogens is 511 g/mol. The van der Waals surface area contributed by atoms with Crippen LogP contribution in [0.2, 0.25) is 0 Å². The number of carboxylic acids is 1. The molecule has 2 heterocycles. The second-order valence-electron chi connectivity index (χ2n) is 10.1. The largest absolute Gasteiger partial charge is 0.497 e. The van der Waals surface area contributed by atoms with Gasteiger partial charge in [-0.1, -0.05) is 19.1 Å². The van der Waals surface area contributed by atoms with Crippen molar-refractivity contribution >= 4 is 23.1 Å². The van der Waals surface area contributed by atoms with E-state index in [0.29, 0.717) is 35.8 Å². The van der Waals surface area contributed by atoms with Crippen LogP contribution in [0.15, 0.2) is 71.8 Å². The molecule has 1 N–H and O–H groups in total. The molecule has 2 unspecified atom stereocenters. The fraction of sp³-hybridized carbons (Fsp3) is 0.323. The van der Waals surface area contributed by atoms with Crippen molar-refractivity contribution < 1.29 is 23.8 Å². The van der Waals surface area contributed by atoms with Crippen LogP contribution in [-0.2, 0) is 4.79 Å². The predicted molar refractivity (Wildman–Crippen MR) is 151 cm³/mol. The first-order chi connectivity index (χ1) is 19.4. The predicted octanol–water partition coefficient (Wildman–Crippen LogP) is 5.46. The maximum absolute atomic E-state index is 14.4. The molecule has 3 aromatic carbocycles. The van der Waals surface area contributed by atoms with Crippen molar-refractivity contribution in [2.75, 3.05) is 30.1 Å². The van der Waals surface area contributed by atoms with E-state index in [1.165, 1.54) is 6.07 Å². The normalized spacial score (nSPS) is 19.2. The quantitative estimate of drug-likeness (QED) is 0.404. The third-order valence-electron chi connectivity index (χ3n) is 7.57. The summed E-state index contributed by atoms with van der Waals surface area (Å²) in [6.45, 7) is 3.32. The standard InChI is InChI=1S/C31H31FN4O4/c1-20-28(18-30(37)38)36(34-31(20)22-5-3-21(19-33)4-6-22)23-7-9-24(10-8-23)40-25-13-15-35(16-14-25)29-17-26(39-2)11-12-27(29)32/h3-12,17,20,25,28H,13-16,18H2,1-2H3,(H,37,38). The third kappa shape index (κ3) is 5.71. The molecule has 0 bridgehead atoms. The number of carbonyl (C=O) groups is 1. The van der Waals surface area contributed by atoms with Gasteiger partial charge >= 0.3 is 5.97 Å². The fourth-order valence-corrected chi connectivity index (χ4v) is 5.35. The van der Waals surface area contributed by atoms with Crippen LogP contribution in [-0.4, -0.2) is 49.1 Å². The van der Waals surface area contributed by atoms with Crippen molar-refractivity contribution in [2.45, 2.75) is 38.3 Å². The first-order valence-corrected chi connectivity index (χ1v) is 13.3. The number of hydrogen-bond acceptors (Lipinski definition) is 7. The molecule has 206 valence electrons. The van der Waals surface area contributed by atoms with Gasteiger partial charge in [-0.05, 0) is 54.1 Å². The minimum Gasteiger partial charge on any atom is -0.497 e. The number of rotatable bonds is 8. The molecule has 9 heteroatoms. The molecule has 40 heavy (non-hydrogen) atoms. The Hall–Kier alpha value is -4.58. The third-order valence-corrected chi connectivity index (χ3v) is 7.57. The SMILES string of the molecule is COc1ccc(F)c(N2CCC(Oc3ccc(N4N=C(c5ccc(C#N)cc5)C(C)C4CC(=O)O)cc3)CC2)c1. The molecule has 0 spiro atoms. The number of piperidine rings is 1. The fourth-order valence-electron chi connectivity index (χ4n) is 5.35. The summed E-state index contributed by atoms with van der Waals surface area (Å²) in [6.07, 6.45) is 1.44. The minimum atomic E-state index is -0.891. The highest BCUT2D eigenvalue weighted by atomic mass is 19.1. The van der Waals surface area contributed by atoms with Crippen LogP contribution < -0.4 is 19.4 Å². The lowest BCUT2D eigenvalue weighted by Gasteiger charge is -2.34. The van der Waals surface area contributed by atoms with Crippen LogP contribution in [0.5, 0.6) is 11.5 Å². The first kappa shape index (κ1) is 27.0. The summed E-state index contributed by atoms with van der Waals surface area (Å²) < 4.78 is 25.9. The lowest BCUT2D eigenvalue weighted by molar-refractivity contribution is -0.137. The van der Waals surface area contributed by atoms with Gasteiger partial charge in [-0.25, -0.2) is 4.39 Å². The molecule has 0 aromatic heterocycles. The topological polar surface area (TPSA) is 98.4 Å². The Kier molecular flexibility index (Phi) is 7.87. The molecule has 2 aliphatic heterocycles. The van der Waals surface area contributed by atoms with E-state index in [1.807, 2.05) is 48.2 Å². The van der Waals surface area contributed by atoms with Crippen molar-refractivity contribution in [1.82, 2.24) is 0 Å². The highest BCUT2D eigenvalue weighted by Gasteiger charge is 2.37. The summed E-state index contributed by atoms with van der Waals surface area (Å²) in [5, 5.41) is 25.3. The van der Waals surface area contributed by atoms with E-state index in [9.17, 15) is 14.3 Å². The maximum Gasteiger partial charge on any atom is 0.305 e. The number of hydrogen-bond donors (Lipinski definition) is 1. The summed E-state index contributed by atoms with van der Waals surface area (Å²) >= 11 is 0. The van der Waals surface area contributed by atoms with Gasteiger partial charge < -0.3 is 19.5 Å². The van der Waals surface area contributed by atoms with E-state index in [1.54, 1.807) is 36.4 Å². The van der Waals surface area contributed by atoms with Crippen LogP contribution >= 0.6 is 0 Å². The van der Waals surface area contributed by atoms with Gasteiger partial charge in [0.1, 0.15) is 23.4 Å². The summed E-state index contributed by atoms with van der Waals surface area (Å²) in [5.74, 6) is 0.0605. The lowest BCUT2D eigenvalue weighted by atomic mass is 9.90. The Bertz CT molecular complexity index is 1430. The summed E-state index contributed by atoms with van der Waals surface area (Å²) in [7, 11) is 1.57. The van der Waals surface area contributed by atoms with Crippen molar-refractivity contribution in [3.63, 3.8) is 0 Å². The van der Waals surface area contributed by atoms with E-state index in [4.69, 9.17) is 19.8 Å². The first-order valence-electron chi connectivity index (χ1n) is 13.3. The number of benzene rings is 3. The lowest BCUT2D eigenvalue weighted by Crippen LogP contribution is -2.38. The van der Waals surface area contributed by atoms with Gasteiger partial charge in [0.15, 0.2) is 0 Å². The van der Waals surface area contributed by atoms with Gasteiger partial charge in [0.25, 0.3) is 0 Å². The molecular formula is C31H31FN4O4. The number of nitriles is 1. The zero-order valence-electron chi connectivity index (χ0n) is 22.5. The molecule has 2 aliphatic rings.